The first-order valence-electron chi connectivity index (χ1n) is 18.4. The summed E-state index contributed by atoms with van der Waals surface area (Å²) < 4.78 is 42.7. The van der Waals surface area contributed by atoms with Gasteiger partial charge in [0.25, 0.3) is 0 Å². The van der Waals surface area contributed by atoms with Crippen molar-refractivity contribution in [2.45, 2.75) is 96.2 Å². The normalized spacial score (nSPS) is 23.2. The number of ether oxygens (including phenoxy) is 1. The quantitative estimate of drug-likeness (QED) is 0.123. The first-order chi connectivity index (χ1) is 25.6. The lowest BCUT2D eigenvalue weighted by Gasteiger charge is -2.46. The van der Waals surface area contributed by atoms with Crippen LogP contribution in [0.25, 0.3) is 0 Å². The number of halogens is 3. The van der Waals surface area contributed by atoms with Crippen LogP contribution in [-0.4, -0.2) is 51.5 Å². The number of benzene rings is 3. The zero-order valence-corrected chi connectivity index (χ0v) is 31.6. The van der Waals surface area contributed by atoms with Crippen LogP contribution in [0.15, 0.2) is 96.6 Å². The Bertz CT molecular complexity index is 1980. The van der Waals surface area contributed by atoms with E-state index in [-0.39, 0.29) is 30.5 Å². The highest BCUT2D eigenvalue weighted by molar-refractivity contribution is 7.14. The molecule has 4 aromatic rings. The van der Waals surface area contributed by atoms with Crippen LogP contribution >= 0.6 is 11.3 Å². The molecule has 1 heterocycles. The van der Waals surface area contributed by atoms with Gasteiger partial charge in [-0.05, 0) is 124 Å². The fraction of sp³-hybridized carbons (Fsp3) is 0.395. The van der Waals surface area contributed by atoms with E-state index in [0.29, 0.717) is 66.6 Å². The van der Waals surface area contributed by atoms with Crippen LogP contribution in [0, 0.1) is 12.3 Å². The first-order valence-corrected chi connectivity index (χ1v) is 19.2. The highest BCUT2D eigenvalue weighted by atomic mass is 32.1. The molecule has 0 aliphatic heterocycles. The summed E-state index contributed by atoms with van der Waals surface area (Å²) in [7, 11) is 0. The Labute approximate surface area is 318 Å². The third kappa shape index (κ3) is 9.08. The molecule has 54 heavy (non-hydrogen) atoms. The van der Waals surface area contributed by atoms with Crippen molar-refractivity contribution in [2.24, 2.45) is 5.41 Å². The molecule has 286 valence electrons. The number of aryl methyl sites for hydroxylation is 1. The molecule has 3 aliphatic carbocycles. The molecule has 1 aromatic heterocycles. The average molecular weight is 761 g/mol. The minimum atomic E-state index is -4.84. The van der Waals surface area contributed by atoms with Crippen molar-refractivity contribution in [1.29, 1.82) is 0 Å². The van der Waals surface area contributed by atoms with E-state index < -0.39 is 29.5 Å². The number of allylic oxidation sites excluding steroid dienone is 2. The molecule has 4 atom stereocenters. The minimum absolute atomic E-state index is 0.00548. The number of carbonyl (C=O) groups excluding carboxylic acids is 2. The molecule has 3 aliphatic rings. The van der Waals surface area contributed by atoms with Crippen molar-refractivity contribution in [3.05, 3.63) is 129 Å². The van der Waals surface area contributed by atoms with Crippen LogP contribution in [0.1, 0.15) is 95.1 Å². The molecule has 2 bridgehead atoms. The smallest absolute Gasteiger partial charge is 0.406 e. The van der Waals surface area contributed by atoms with Gasteiger partial charge in [0.05, 0.1) is 23.1 Å². The number of thiophene rings is 1. The molecule has 11 heteroatoms. The number of aliphatic hydroxyl groups excluding tert-OH is 1. The minimum Gasteiger partial charge on any atom is -0.406 e. The van der Waals surface area contributed by atoms with Gasteiger partial charge >= 0.3 is 12.4 Å². The maximum Gasteiger partial charge on any atom is 0.573 e. The number of carbonyl (C=O) groups is 2. The maximum absolute atomic E-state index is 14.3. The molecule has 1 fully saturated rings. The number of amides is 2. The van der Waals surface area contributed by atoms with Crippen LogP contribution in [0.2, 0.25) is 0 Å². The van der Waals surface area contributed by atoms with Crippen molar-refractivity contribution in [3.8, 4) is 5.75 Å². The number of alkyl halides is 3. The van der Waals surface area contributed by atoms with E-state index in [1.807, 2.05) is 50.2 Å². The number of nitrogens with zero attached hydrogens (tertiary/aromatic N) is 1. The second-order valence-corrected chi connectivity index (χ2v) is 16.3. The Morgan fingerprint density at radius 1 is 0.981 bits per heavy atom. The van der Waals surface area contributed by atoms with Gasteiger partial charge in [0.2, 0.25) is 5.78 Å². The van der Waals surface area contributed by atoms with Crippen molar-refractivity contribution in [1.82, 2.24) is 4.90 Å². The summed E-state index contributed by atoms with van der Waals surface area (Å²) in [6.07, 6.45) is 0.561. The summed E-state index contributed by atoms with van der Waals surface area (Å²) in [5.41, 5.74) is 2.28. The van der Waals surface area contributed by atoms with Crippen molar-refractivity contribution < 1.29 is 37.7 Å². The molecule has 7 nitrogen and oxygen atoms in total. The Morgan fingerprint density at radius 3 is 2.41 bits per heavy atom. The zero-order chi connectivity index (χ0) is 38.7. The van der Waals surface area contributed by atoms with Gasteiger partial charge in [-0.2, -0.15) is 0 Å². The van der Waals surface area contributed by atoms with E-state index in [2.05, 4.69) is 23.1 Å². The molecule has 0 spiro atoms. The highest BCUT2D eigenvalue weighted by Gasteiger charge is 2.57. The van der Waals surface area contributed by atoms with Crippen LogP contribution in [0.3, 0.4) is 0 Å². The molecule has 7 rings (SSSR count). The van der Waals surface area contributed by atoms with Crippen molar-refractivity contribution >= 4 is 28.8 Å². The molecular formula is C43H47F3N2O5S. The number of nitrogens with one attached hydrogen (secondary N) is 1. The number of fused-ring (bicyclic) bond motifs is 8. The second-order valence-electron chi connectivity index (χ2n) is 15.0. The topological polar surface area (TPSA) is 99.1 Å². The molecule has 4 unspecified atom stereocenters. The van der Waals surface area contributed by atoms with E-state index in [1.165, 1.54) is 40.5 Å². The van der Waals surface area contributed by atoms with Crippen LogP contribution in [-0.2, 0) is 13.0 Å². The number of anilines is 1. The lowest BCUT2D eigenvalue weighted by atomic mass is 9.64. The molecule has 1 saturated carbocycles. The monoisotopic (exact) mass is 760 g/mol. The molecule has 2 amide bonds. The molecule has 0 radical (unpaired) electrons. The lowest BCUT2D eigenvalue weighted by molar-refractivity contribution is -0.274. The zero-order valence-electron chi connectivity index (χ0n) is 30.8. The van der Waals surface area contributed by atoms with E-state index in [1.54, 1.807) is 24.3 Å². The van der Waals surface area contributed by atoms with Gasteiger partial charge in [0.15, 0.2) is 0 Å². The molecule has 3 aromatic carbocycles. The third-order valence-corrected chi connectivity index (χ3v) is 12.2. The maximum atomic E-state index is 14.3. The summed E-state index contributed by atoms with van der Waals surface area (Å²) in [5.74, 6) is -0.721. The second kappa shape index (κ2) is 16.1. The molecule has 3 N–H and O–H groups in total. The summed E-state index contributed by atoms with van der Waals surface area (Å²) in [5, 5.41) is 26.8. The van der Waals surface area contributed by atoms with Crippen LogP contribution in [0.5, 0.6) is 5.75 Å². The van der Waals surface area contributed by atoms with Gasteiger partial charge in [-0.25, -0.2) is 4.79 Å². The van der Waals surface area contributed by atoms with Gasteiger partial charge in [0.1, 0.15) is 5.75 Å². The third-order valence-electron chi connectivity index (χ3n) is 11.2. The Balaban J connectivity index is 1.39. The number of hydrogen-bond donors (Lipinski definition) is 3. The number of hydrogen-bond acceptors (Lipinski definition) is 6. The summed E-state index contributed by atoms with van der Waals surface area (Å²) in [6.45, 7) is 6.00. The number of para-hydroxylation sites is 1. The SMILES string of the molecule is CC1=CCCC2(C)C(CCC2(O)CN(Cc2ccc(OC(F)(F)F)cc2)C(=O)Nc2ccccc2)c2ccc(cc2C(=O)c2ccc(C)s2)CC(O)CC1. The number of rotatable bonds is 8. The fourth-order valence-electron chi connectivity index (χ4n) is 8.14. The Morgan fingerprint density at radius 2 is 1.72 bits per heavy atom. The predicted molar refractivity (Wildman–Crippen MR) is 205 cm³/mol. The average Bonchev–Trinajstić information content (AvgIpc) is 3.67. The standard InChI is InChI=1S/C43H47F3N2O5S/c1-28-8-7-22-41(3)37(35-19-15-31(24-33(49)16-11-28)25-36(35)39(50)38-20-12-29(2)54-38)21-23-42(41,52)27-48(40(51)47-32-9-5-4-6-10-32)26-30-13-17-34(18-14-30)53-43(44,45)46/h4-6,8-10,12-15,17-20,25,33,37,49,52H,7,11,16,21-24,26-27H2,1-3H3,(H,47,51). The summed E-state index contributed by atoms with van der Waals surface area (Å²) in [4.78, 5) is 31.5. The van der Waals surface area contributed by atoms with Crippen molar-refractivity contribution in [3.63, 3.8) is 0 Å². The van der Waals surface area contributed by atoms with Gasteiger partial charge in [-0.15, -0.1) is 24.5 Å². The number of urea groups is 1. The predicted octanol–water partition coefficient (Wildman–Crippen LogP) is 9.96. The van der Waals surface area contributed by atoms with Gasteiger partial charge < -0.3 is 25.2 Å². The van der Waals surface area contributed by atoms with Gasteiger partial charge in [-0.1, -0.05) is 61.0 Å². The van der Waals surface area contributed by atoms with E-state index in [4.69, 9.17) is 0 Å². The van der Waals surface area contributed by atoms with E-state index in [9.17, 15) is 33.0 Å². The van der Waals surface area contributed by atoms with Crippen LogP contribution in [0.4, 0.5) is 23.7 Å². The molecular weight excluding hydrogens is 714 g/mol. The van der Waals surface area contributed by atoms with Gasteiger partial charge in [0, 0.05) is 28.1 Å². The Hall–Kier alpha value is -4.45. The fourth-order valence-corrected chi connectivity index (χ4v) is 8.96. The number of aliphatic hydroxyl groups is 2. The summed E-state index contributed by atoms with van der Waals surface area (Å²) >= 11 is 1.43. The molecule has 0 saturated heterocycles. The van der Waals surface area contributed by atoms with Crippen LogP contribution < -0.4 is 10.1 Å². The van der Waals surface area contributed by atoms with Gasteiger partial charge in [-0.3, -0.25) is 4.79 Å². The first kappa shape index (κ1) is 39.2. The van der Waals surface area contributed by atoms with E-state index in [0.717, 1.165) is 21.6 Å². The number of ketones is 1. The summed E-state index contributed by atoms with van der Waals surface area (Å²) in [6, 6.07) is 23.5. The lowest BCUT2D eigenvalue weighted by Crippen LogP contribution is -2.54. The van der Waals surface area contributed by atoms with Crippen molar-refractivity contribution in [2.75, 3.05) is 11.9 Å². The largest absolute Gasteiger partial charge is 0.573 e. The van der Waals surface area contributed by atoms with E-state index >= 15 is 0 Å². The Kier molecular flexibility index (Phi) is 11.7. The highest BCUT2D eigenvalue weighted by Crippen LogP contribution is 2.59.